The zero-order valence-electron chi connectivity index (χ0n) is 37.1. The van der Waals surface area contributed by atoms with Crippen molar-refractivity contribution in [2.75, 3.05) is 39.4 Å². The van der Waals surface area contributed by atoms with Crippen LogP contribution in [0.4, 0.5) is 4.79 Å². The van der Waals surface area contributed by atoms with Crippen molar-refractivity contribution < 1.29 is 46.0 Å². The van der Waals surface area contributed by atoms with E-state index in [0.29, 0.717) is 73.7 Å². The number of amides is 2. The number of hydrogen-bond acceptors (Lipinski definition) is 11. The molecule has 2 atom stereocenters. The van der Waals surface area contributed by atoms with Crippen molar-refractivity contribution in [1.29, 1.82) is 0 Å². The third-order valence-corrected chi connectivity index (χ3v) is 11.9. The molecule has 3 heterocycles. The number of carbonyl (C=O) groups is 4. The first-order valence-electron chi connectivity index (χ1n) is 21.4. The third kappa shape index (κ3) is 15.0. The molecule has 2 aliphatic rings. The van der Waals surface area contributed by atoms with Gasteiger partial charge < -0.3 is 24.0 Å². The van der Waals surface area contributed by atoms with E-state index in [4.69, 9.17) is 18.4 Å². The average molecular weight is 872 g/mol. The fourth-order valence-electron chi connectivity index (χ4n) is 7.44. The quantitative estimate of drug-likeness (QED) is 0.0679. The summed E-state index contributed by atoms with van der Waals surface area (Å²) in [5, 5.41) is 0. The van der Waals surface area contributed by atoms with Crippen LogP contribution in [-0.2, 0) is 38.2 Å². The Labute approximate surface area is 367 Å². The third-order valence-electron chi connectivity index (χ3n) is 10.6. The number of carbonyl (C=O) groups excluding carboxylic acids is 4. The lowest BCUT2D eigenvalue weighted by molar-refractivity contribution is -0.156. The Kier molecular flexibility index (Phi) is 16.3. The summed E-state index contributed by atoms with van der Waals surface area (Å²) in [6, 6.07) is 15.2. The number of hydrogen-bond donors (Lipinski definition) is 0. The SMILES string of the molecule is Cc1ccc(S(=O)(=O)OCCOc2ccc(C#Cc3cncc([C@H](CC(=O)OC(C)(C)C)C(=O)[C@@H]4CCCN(C(=O)CCC5CCN(C(=O)OC(C)(C)C)CC5)C4)c3)cc2)cc1. The highest BCUT2D eigenvalue weighted by atomic mass is 32.2. The number of likely N-dealkylation sites (tertiary alicyclic amines) is 2. The van der Waals surface area contributed by atoms with Gasteiger partial charge in [0.1, 0.15) is 35.9 Å². The van der Waals surface area contributed by atoms with Crippen LogP contribution in [0.25, 0.3) is 0 Å². The number of pyridine rings is 1. The molecular formula is C48H61N3O10S. The van der Waals surface area contributed by atoms with E-state index in [1.54, 1.807) is 85.4 Å². The Bertz CT molecular complexity index is 2190. The van der Waals surface area contributed by atoms with Gasteiger partial charge in [0.15, 0.2) is 0 Å². The first kappa shape index (κ1) is 47.8. The van der Waals surface area contributed by atoms with Gasteiger partial charge in [0, 0.05) is 62.0 Å². The summed E-state index contributed by atoms with van der Waals surface area (Å²) in [7, 11) is -3.89. The Hall–Kier alpha value is -5.26. The average Bonchev–Trinajstić information content (AvgIpc) is 3.22. The van der Waals surface area contributed by atoms with Gasteiger partial charge in [-0.1, -0.05) is 29.5 Å². The standard InChI is InChI=1S/C48H61N3O10S/c1-34-10-19-41(20-11-34)62(56,57)59-28-27-58-40-17-14-35(15-18-40)12-13-37-29-39(32-49-31-37)42(30-44(53)60-47(2,3)4)45(54)38-9-8-24-51(33-38)43(52)21-16-36-22-25-50(26-23-36)46(55)61-48(5,6)7/h10-11,14-15,17-20,29,31-32,36,38,42H,8-9,16,21-28,30,33H2,1-7H3/t38-,42+/m1/s1. The van der Waals surface area contributed by atoms with Gasteiger partial charge in [0.25, 0.3) is 10.1 Å². The number of ketones is 1. The summed E-state index contributed by atoms with van der Waals surface area (Å²) in [6.07, 6.45) is 6.67. The highest BCUT2D eigenvalue weighted by molar-refractivity contribution is 7.86. The van der Waals surface area contributed by atoms with E-state index in [0.717, 1.165) is 18.4 Å². The largest absolute Gasteiger partial charge is 0.491 e. The van der Waals surface area contributed by atoms with Crippen LogP contribution in [-0.4, -0.2) is 97.5 Å². The van der Waals surface area contributed by atoms with Crippen molar-refractivity contribution in [2.24, 2.45) is 11.8 Å². The Balaban J connectivity index is 1.18. The normalized spacial score (nSPS) is 16.7. The predicted molar refractivity (Wildman–Crippen MR) is 234 cm³/mol. The number of piperidine rings is 2. The summed E-state index contributed by atoms with van der Waals surface area (Å²) < 4.78 is 46.8. The minimum Gasteiger partial charge on any atom is -0.491 e. The van der Waals surface area contributed by atoms with E-state index in [1.807, 2.05) is 27.7 Å². The van der Waals surface area contributed by atoms with Crippen molar-refractivity contribution in [3.63, 3.8) is 0 Å². The number of rotatable bonds is 14. The molecule has 0 radical (unpaired) electrons. The van der Waals surface area contributed by atoms with Crippen LogP contribution in [0.2, 0.25) is 0 Å². The lowest BCUT2D eigenvalue weighted by atomic mass is 9.81. The summed E-state index contributed by atoms with van der Waals surface area (Å²) >= 11 is 0. The monoisotopic (exact) mass is 871 g/mol. The first-order valence-corrected chi connectivity index (χ1v) is 22.8. The Morgan fingerprint density at radius 1 is 0.806 bits per heavy atom. The molecule has 0 saturated carbocycles. The highest BCUT2D eigenvalue weighted by Gasteiger charge is 2.36. The second-order valence-electron chi connectivity index (χ2n) is 18.1. The minimum absolute atomic E-state index is 0.0117. The second-order valence-corrected chi connectivity index (χ2v) is 19.7. The van der Waals surface area contributed by atoms with E-state index in [1.165, 1.54) is 12.1 Å². The number of nitrogens with zero attached hydrogens (tertiary/aromatic N) is 3. The summed E-state index contributed by atoms with van der Waals surface area (Å²) in [5.41, 5.74) is 1.43. The van der Waals surface area contributed by atoms with E-state index in [9.17, 15) is 27.6 Å². The van der Waals surface area contributed by atoms with Gasteiger partial charge in [0.05, 0.1) is 17.2 Å². The number of esters is 1. The van der Waals surface area contributed by atoms with Gasteiger partial charge in [-0.25, -0.2) is 4.79 Å². The fourth-order valence-corrected chi connectivity index (χ4v) is 8.33. The zero-order chi connectivity index (χ0) is 45.1. The molecule has 0 aliphatic carbocycles. The van der Waals surface area contributed by atoms with Crippen LogP contribution in [0.15, 0.2) is 71.9 Å². The molecule has 2 aliphatic heterocycles. The lowest BCUT2D eigenvalue weighted by Gasteiger charge is -2.35. The van der Waals surface area contributed by atoms with Crippen molar-refractivity contribution >= 4 is 33.9 Å². The van der Waals surface area contributed by atoms with Crippen LogP contribution in [0.1, 0.15) is 115 Å². The molecule has 0 spiro atoms. The molecular weight excluding hydrogens is 811 g/mol. The zero-order valence-corrected chi connectivity index (χ0v) is 37.9. The molecule has 13 nitrogen and oxygen atoms in total. The van der Waals surface area contributed by atoms with Gasteiger partial charge in [-0.3, -0.25) is 23.6 Å². The van der Waals surface area contributed by atoms with E-state index in [2.05, 4.69) is 16.8 Å². The number of Topliss-reactive ketones (excluding diaryl/α,β-unsaturated/α-hetero) is 1. The Morgan fingerprint density at radius 3 is 2.13 bits per heavy atom. The van der Waals surface area contributed by atoms with Crippen LogP contribution in [0.5, 0.6) is 5.75 Å². The molecule has 0 bridgehead atoms. The molecule has 2 amide bonds. The van der Waals surface area contributed by atoms with Crippen LogP contribution in [0.3, 0.4) is 0 Å². The summed E-state index contributed by atoms with van der Waals surface area (Å²) in [5.74, 6) is 5.11. The summed E-state index contributed by atoms with van der Waals surface area (Å²) in [6.45, 7) is 14.7. The maximum Gasteiger partial charge on any atom is 0.410 e. The topological polar surface area (TPSA) is 159 Å². The molecule has 2 aromatic carbocycles. The Morgan fingerprint density at radius 2 is 1.47 bits per heavy atom. The van der Waals surface area contributed by atoms with Gasteiger partial charge in [-0.2, -0.15) is 8.42 Å². The van der Waals surface area contributed by atoms with Gasteiger partial charge in [-0.05, 0) is 135 Å². The van der Waals surface area contributed by atoms with Crippen molar-refractivity contribution in [3.8, 4) is 17.6 Å². The smallest absolute Gasteiger partial charge is 0.410 e. The molecule has 14 heteroatoms. The maximum absolute atomic E-state index is 14.4. The molecule has 2 fully saturated rings. The molecule has 0 N–H and O–H groups in total. The molecule has 62 heavy (non-hydrogen) atoms. The van der Waals surface area contributed by atoms with Gasteiger partial charge >= 0.3 is 12.1 Å². The summed E-state index contributed by atoms with van der Waals surface area (Å²) in [4.78, 5) is 61.6. The molecule has 2 saturated heterocycles. The predicted octanol–water partition coefficient (Wildman–Crippen LogP) is 7.62. The van der Waals surface area contributed by atoms with Crippen molar-refractivity contribution in [3.05, 3.63) is 89.2 Å². The number of aryl methyl sites for hydroxylation is 1. The minimum atomic E-state index is -3.89. The lowest BCUT2D eigenvalue weighted by Crippen LogP contribution is -2.44. The van der Waals surface area contributed by atoms with Crippen molar-refractivity contribution in [1.82, 2.24) is 14.8 Å². The van der Waals surface area contributed by atoms with E-state index >= 15 is 0 Å². The first-order chi connectivity index (χ1) is 29.2. The molecule has 3 aromatic rings. The van der Waals surface area contributed by atoms with E-state index < -0.39 is 39.1 Å². The van der Waals surface area contributed by atoms with E-state index in [-0.39, 0.29) is 48.9 Å². The van der Waals surface area contributed by atoms with Crippen LogP contribution in [0, 0.1) is 30.6 Å². The molecule has 1 aromatic heterocycles. The van der Waals surface area contributed by atoms with Crippen LogP contribution >= 0.6 is 0 Å². The number of ether oxygens (including phenoxy) is 3. The number of benzene rings is 2. The van der Waals surface area contributed by atoms with Crippen LogP contribution < -0.4 is 4.74 Å². The van der Waals surface area contributed by atoms with Crippen molar-refractivity contribution in [2.45, 2.75) is 115 Å². The molecule has 0 unspecified atom stereocenters. The van der Waals surface area contributed by atoms with Gasteiger partial charge in [-0.15, -0.1) is 0 Å². The molecule has 334 valence electrons. The highest BCUT2D eigenvalue weighted by Crippen LogP contribution is 2.31. The molecule has 5 rings (SSSR count). The van der Waals surface area contributed by atoms with Gasteiger partial charge in [0.2, 0.25) is 5.91 Å². The number of aromatic nitrogens is 1. The second kappa shape index (κ2) is 21.2. The maximum atomic E-state index is 14.4. The fraction of sp³-hybridized carbons (Fsp3) is 0.521.